The van der Waals surface area contributed by atoms with Crippen molar-refractivity contribution in [2.75, 3.05) is 19.8 Å². The van der Waals surface area contributed by atoms with Crippen LogP contribution in [0.1, 0.15) is 36.1 Å². The zero-order valence-electron chi connectivity index (χ0n) is 31.8. The topological polar surface area (TPSA) is 174 Å². The highest BCUT2D eigenvalue weighted by molar-refractivity contribution is 5.93. The monoisotopic (exact) mass is 858 g/mol. The van der Waals surface area contributed by atoms with E-state index in [4.69, 9.17) is 0 Å². The predicted molar refractivity (Wildman–Crippen MR) is 200 cm³/mol. The van der Waals surface area contributed by atoms with Gasteiger partial charge in [-0.25, -0.2) is 13.6 Å². The summed E-state index contributed by atoms with van der Waals surface area (Å²) in [5, 5.41) is 67.6. The summed E-state index contributed by atoms with van der Waals surface area (Å²) in [4.78, 5) is 11.6. The summed E-state index contributed by atoms with van der Waals surface area (Å²) in [6.45, 7) is 1.06. The third kappa shape index (κ3) is 6.41. The van der Waals surface area contributed by atoms with Crippen molar-refractivity contribution in [2.45, 2.75) is 48.5 Å². The minimum Gasteiger partial charge on any atom is -0.479 e. The number of halogens is 8. The van der Waals surface area contributed by atoms with Crippen molar-refractivity contribution < 1.29 is 70.6 Å². The lowest BCUT2D eigenvalue weighted by Gasteiger charge is -2.28. The number of nitrogens with zero attached hydrogens (tertiary/aromatic N) is 4. The summed E-state index contributed by atoms with van der Waals surface area (Å²) in [6, 6.07) is 14.3. The smallest absolute Gasteiger partial charge is 0.425 e. The Bertz CT molecular complexity index is 2690. The first kappa shape index (κ1) is 43.1. The van der Waals surface area contributed by atoms with Gasteiger partial charge in [-0.15, -0.1) is 0 Å². The Balaban J connectivity index is 0.000000184. The summed E-state index contributed by atoms with van der Waals surface area (Å²) < 4.78 is 115. The van der Waals surface area contributed by atoms with Crippen LogP contribution in [-0.2, 0) is 27.1 Å². The van der Waals surface area contributed by atoms with Crippen LogP contribution >= 0.6 is 0 Å². The first-order chi connectivity index (χ1) is 28.5. The molecule has 11 nitrogen and oxygen atoms in total. The second-order valence-corrected chi connectivity index (χ2v) is 15.2. The largest absolute Gasteiger partial charge is 0.479 e. The second-order valence-electron chi connectivity index (χ2n) is 15.2. The third-order valence-corrected chi connectivity index (χ3v) is 11.3. The maximum absolute atomic E-state index is 14.5. The van der Waals surface area contributed by atoms with Crippen molar-refractivity contribution in [1.82, 2.24) is 19.6 Å². The van der Waals surface area contributed by atoms with E-state index in [0.717, 1.165) is 22.9 Å². The Morgan fingerprint density at radius 2 is 1.00 bits per heavy atom. The van der Waals surface area contributed by atoms with E-state index < -0.39 is 88.7 Å². The van der Waals surface area contributed by atoms with Gasteiger partial charge in [0.05, 0.1) is 32.2 Å². The molecule has 0 saturated carbocycles. The quantitative estimate of drug-likeness (QED) is 0.0944. The van der Waals surface area contributed by atoms with E-state index in [-0.39, 0.29) is 50.1 Å². The summed E-state index contributed by atoms with van der Waals surface area (Å²) in [7, 11) is 0. The molecule has 0 fully saturated rings. The summed E-state index contributed by atoms with van der Waals surface area (Å²) in [5.74, 6) is -3.34. The molecular formula is C42H34F8N4O7. The van der Waals surface area contributed by atoms with E-state index in [2.05, 4.69) is 10.2 Å². The SMILES string of the molecule is CC(CO)(C(=O)O)n1cc(-c2cc(F)cc3c2-c2ccccc2[C@]3(O)C(F)(F)F)cn1.CC(CO)(CO)n1cc(-c2cc(F)cc3c2-c2ccccc2[C@]3(O)C(F)(F)F)cn1. The average molecular weight is 859 g/mol. The molecule has 3 atom stereocenters. The standard InChI is InChI=1S/C21H16F4N2O4.C21H18F4N2O3/c1-19(10-28,18(29)30)27-9-11(8-26-27)14-6-12(22)7-16-17(14)13-4-2-3-5-15(13)20(16,31)21(23,24)25;1-19(10-28,11-29)27-9-12(8-26-27)15-6-13(22)7-17-18(15)14-4-2-3-5-16(14)20(17,30)21(23,24)25/h2-9,28,31H,10H2,1H3,(H,29,30);2-9,28-30H,10-11H2,1H3/t19?,20-;20-/m11/s1. The fourth-order valence-corrected chi connectivity index (χ4v) is 7.68. The van der Waals surface area contributed by atoms with Gasteiger partial charge in [0.2, 0.25) is 11.2 Å². The number of fused-ring (bicyclic) bond motifs is 6. The maximum Gasteiger partial charge on any atom is 0.425 e. The number of aliphatic hydroxyl groups is 5. The van der Waals surface area contributed by atoms with E-state index in [0.29, 0.717) is 12.1 Å². The van der Waals surface area contributed by atoms with Gasteiger partial charge in [0.25, 0.3) is 0 Å². The predicted octanol–water partition coefficient (Wildman–Crippen LogP) is 6.43. The lowest BCUT2D eigenvalue weighted by atomic mass is 9.89. The molecule has 0 spiro atoms. The van der Waals surface area contributed by atoms with Crippen molar-refractivity contribution >= 4 is 5.97 Å². The van der Waals surface area contributed by atoms with Gasteiger partial charge in [-0.2, -0.15) is 36.5 Å². The van der Waals surface area contributed by atoms with Gasteiger partial charge in [-0.3, -0.25) is 9.36 Å². The molecule has 4 aromatic carbocycles. The highest BCUT2D eigenvalue weighted by Crippen LogP contribution is 2.59. The van der Waals surface area contributed by atoms with Crippen molar-refractivity contribution in [3.63, 3.8) is 0 Å². The summed E-state index contributed by atoms with van der Waals surface area (Å²) >= 11 is 0. The molecule has 0 radical (unpaired) electrons. The zero-order valence-corrected chi connectivity index (χ0v) is 31.8. The number of carboxylic acids is 1. The van der Waals surface area contributed by atoms with Crippen LogP contribution in [0.4, 0.5) is 35.1 Å². The molecule has 1 unspecified atom stereocenters. The number of carbonyl (C=O) groups is 1. The molecule has 19 heteroatoms. The Labute approximate surface area is 340 Å². The molecule has 0 amide bonds. The van der Waals surface area contributed by atoms with E-state index in [1.165, 1.54) is 85.8 Å². The molecule has 320 valence electrons. The third-order valence-electron chi connectivity index (χ3n) is 11.3. The molecule has 2 heterocycles. The molecule has 6 N–H and O–H groups in total. The molecule has 6 aromatic rings. The fraction of sp³-hybridized carbons (Fsp3) is 0.262. The summed E-state index contributed by atoms with van der Waals surface area (Å²) in [6.07, 6.45) is -5.11. The lowest BCUT2D eigenvalue weighted by Crippen LogP contribution is -2.42. The van der Waals surface area contributed by atoms with Crippen LogP contribution < -0.4 is 0 Å². The number of alkyl halides is 6. The highest BCUT2D eigenvalue weighted by atomic mass is 19.4. The molecule has 0 aliphatic heterocycles. The van der Waals surface area contributed by atoms with Crippen molar-refractivity contribution in [3.05, 3.63) is 131 Å². The highest BCUT2D eigenvalue weighted by Gasteiger charge is 2.62. The van der Waals surface area contributed by atoms with Gasteiger partial charge in [-0.1, -0.05) is 48.5 Å². The van der Waals surface area contributed by atoms with E-state index in [1.54, 1.807) is 0 Å². The van der Waals surface area contributed by atoms with Gasteiger partial charge >= 0.3 is 18.3 Å². The van der Waals surface area contributed by atoms with Crippen LogP contribution in [-0.4, -0.2) is 88.3 Å². The van der Waals surface area contributed by atoms with Crippen LogP contribution in [0.25, 0.3) is 44.5 Å². The molecule has 0 bridgehead atoms. The number of aromatic nitrogens is 4. The number of hydrogen-bond donors (Lipinski definition) is 6. The first-order valence-corrected chi connectivity index (χ1v) is 18.1. The minimum atomic E-state index is -5.12. The Morgan fingerprint density at radius 3 is 1.38 bits per heavy atom. The Morgan fingerprint density at radius 1 is 0.607 bits per heavy atom. The maximum atomic E-state index is 14.5. The first-order valence-electron chi connectivity index (χ1n) is 18.1. The molecule has 8 rings (SSSR count). The van der Waals surface area contributed by atoms with Crippen LogP contribution in [0.2, 0.25) is 0 Å². The van der Waals surface area contributed by atoms with Gasteiger partial charge in [0.1, 0.15) is 17.2 Å². The minimum absolute atomic E-state index is 0.000413. The molecule has 2 aliphatic rings. The van der Waals surface area contributed by atoms with Crippen LogP contribution in [0, 0.1) is 11.6 Å². The van der Waals surface area contributed by atoms with E-state index in [9.17, 15) is 70.6 Å². The Hall–Kier alpha value is -5.99. The zero-order chi connectivity index (χ0) is 44.7. The van der Waals surface area contributed by atoms with Crippen LogP contribution in [0.5, 0.6) is 0 Å². The van der Waals surface area contributed by atoms with Crippen molar-refractivity contribution in [3.8, 4) is 44.5 Å². The molecule has 0 saturated heterocycles. The van der Waals surface area contributed by atoms with Gasteiger partial charge in [0.15, 0.2) is 5.54 Å². The number of aliphatic carboxylic acids is 1. The van der Waals surface area contributed by atoms with Gasteiger partial charge in [-0.05, 0) is 71.5 Å². The number of rotatable bonds is 8. The normalized spacial score (nSPS) is 19.0. The van der Waals surface area contributed by atoms with Gasteiger partial charge in [0, 0.05) is 45.8 Å². The van der Waals surface area contributed by atoms with Crippen LogP contribution in [0.15, 0.2) is 97.6 Å². The lowest BCUT2D eigenvalue weighted by molar-refractivity contribution is -0.247. The average Bonchev–Trinajstić information content (AvgIpc) is 4.02. The Kier molecular flexibility index (Phi) is 10.3. The molecular weight excluding hydrogens is 824 g/mol. The second kappa shape index (κ2) is 14.6. The number of carboxylic acid groups (broad SMARTS) is 1. The fourth-order valence-electron chi connectivity index (χ4n) is 7.68. The van der Waals surface area contributed by atoms with E-state index >= 15 is 0 Å². The van der Waals surface area contributed by atoms with Crippen molar-refractivity contribution in [1.29, 1.82) is 0 Å². The summed E-state index contributed by atoms with van der Waals surface area (Å²) in [5.41, 5.74) is -11.0. The number of benzene rings is 4. The molecule has 2 aliphatic carbocycles. The van der Waals surface area contributed by atoms with Crippen LogP contribution in [0.3, 0.4) is 0 Å². The number of aliphatic hydroxyl groups excluding tert-OH is 3. The van der Waals surface area contributed by atoms with E-state index in [1.807, 2.05) is 0 Å². The van der Waals surface area contributed by atoms with Crippen molar-refractivity contribution in [2.24, 2.45) is 0 Å². The molecule has 61 heavy (non-hydrogen) atoms. The van der Waals surface area contributed by atoms with Gasteiger partial charge < -0.3 is 30.6 Å². The molecule has 2 aromatic heterocycles. The number of hydrogen-bond acceptors (Lipinski definition) is 8.